The zero-order chi connectivity index (χ0) is 15.1. The van der Waals surface area contributed by atoms with Crippen molar-refractivity contribution in [3.8, 4) is 5.88 Å². The van der Waals surface area contributed by atoms with Crippen LogP contribution >= 0.6 is 0 Å². The highest BCUT2D eigenvalue weighted by Crippen LogP contribution is 2.24. The standard InChI is InChI=1S/C16H28N4O/c1-4-6-14-18-15(17-9-5-2)12-16(19-14)21-11-10-20(3)13-7-8-13/h12-13H,4-11H2,1-3H3,(H,17,18,19). The summed E-state index contributed by atoms with van der Waals surface area (Å²) in [6.07, 6.45) is 5.67. The molecular formula is C16H28N4O. The third-order valence-corrected chi connectivity index (χ3v) is 3.64. The molecule has 5 nitrogen and oxygen atoms in total. The lowest BCUT2D eigenvalue weighted by Crippen LogP contribution is -2.26. The molecule has 1 saturated carbocycles. The van der Waals surface area contributed by atoms with Gasteiger partial charge in [0, 0.05) is 31.6 Å². The van der Waals surface area contributed by atoms with Crippen molar-refractivity contribution < 1.29 is 4.74 Å². The van der Waals surface area contributed by atoms with Crippen molar-refractivity contribution >= 4 is 5.82 Å². The summed E-state index contributed by atoms with van der Waals surface area (Å²) in [6, 6.07) is 2.68. The Morgan fingerprint density at radius 3 is 2.76 bits per heavy atom. The molecule has 21 heavy (non-hydrogen) atoms. The maximum absolute atomic E-state index is 5.83. The third kappa shape index (κ3) is 5.50. The van der Waals surface area contributed by atoms with Crippen LogP contribution in [0.4, 0.5) is 5.82 Å². The summed E-state index contributed by atoms with van der Waals surface area (Å²) in [5, 5.41) is 3.32. The van der Waals surface area contributed by atoms with Gasteiger partial charge in [-0.2, -0.15) is 4.98 Å². The van der Waals surface area contributed by atoms with Gasteiger partial charge in [0.25, 0.3) is 0 Å². The second-order valence-corrected chi connectivity index (χ2v) is 5.74. The average Bonchev–Trinajstić information content (AvgIpc) is 3.30. The van der Waals surface area contributed by atoms with Crippen molar-refractivity contribution in [2.75, 3.05) is 32.1 Å². The van der Waals surface area contributed by atoms with E-state index in [0.29, 0.717) is 12.5 Å². The zero-order valence-corrected chi connectivity index (χ0v) is 13.6. The number of likely N-dealkylation sites (N-methyl/N-ethyl adjacent to an activating group) is 1. The SMILES string of the molecule is CCCNc1cc(OCCN(C)C2CC2)nc(CCC)n1. The molecule has 0 unspecified atom stereocenters. The molecule has 1 aromatic heterocycles. The quantitative estimate of drug-likeness (QED) is 0.718. The van der Waals surface area contributed by atoms with E-state index in [1.807, 2.05) is 6.07 Å². The van der Waals surface area contributed by atoms with Crippen molar-refractivity contribution in [1.29, 1.82) is 0 Å². The van der Waals surface area contributed by atoms with Crippen LogP contribution in [-0.4, -0.2) is 47.7 Å². The molecule has 5 heteroatoms. The highest BCUT2D eigenvalue weighted by Gasteiger charge is 2.25. The Bertz CT molecular complexity index is 434. The Balaban J connectivity index is 1.90. The van der Waals surface area contributed by atoms with Gasteiger partial charge in [0.2, 0.25) is 5.88 Å². The predicted octanol–water partition coefficient (Wildman–Crippen LogP) is 2.72. The molecule has 118 valence electrons. The lowest BCUT2D eigenvalue weighted by Gasteiger charge is -2.16. The Morgan fingerprint density at radius 2 is 2.10 bits per heavy atom. The molecule has 1 N–H and O–H groups in total. The summed E-state index contributed by atoms with van der Waals surface area (Å²) in [4.78, 5) is 11.4. The van der Waals surface area contributed by atoms with Crippen molar-refractivity contribution in [2.24, 2.45) is 0 Å². The summed E-state index contributed by atoms with van der Waals surface area (Å²) in [5.41, 5.74) is 0. The fourth-order valence-corrected chi connectivity index (χ4v) is 2.22. The Hall–Kier alpha value is -1.36. The van der Waals surface area contributed by atoms with E-state index in [0.717, 1.165) is 50.0 Å². The number of hydrogen-bond donors (Lipinski definition) is 1. The van der Waals surface area contributed by atoms with Gasteiger partial charge in [-0.1, -0.05) is 13.8 Å². The molecule has 0 aromatic carbocycles. The smallest absolute Gasteiger partial charge is 0.218 e. The zero-order valence-electron chi connectivity index (χ0n) is 13.6. The fourth-order valence-electron chi connectivity index (χ4n) is 2.22. The molecule has 0 aliphatic heterocycles. The van der Waals surface area contributed by atoms with Crippen molar-refractivity contribution in [1.82, 2.24) is 14.9 Å². The predicted molar refractivity (Wildman–Crippen MR) is 86.0 cm³/mol. The largest absolute Gasteiger partial charge is 0.476 e. The highest BCUT2D eigenvalue weighted by molar-refractivity contribution is 5.38. The van der Waals surface area contributed by atoms with E-state index in [1.54, 1.807) is 0 Å². The normalized spacial score (nSPS) is 14.5. The van der Waals surface area contributed by atoms with Gasteiger partial charge in [0.15, 0.2) is 0 Å². The molecule has 1 heterocycles. The van der Waals surface area contributed by atoms with Crippen LogP contribution in [0.1, 0.15) is 45.4 Å². The number of nitrogens with one attached hydrogen (secondary N) is 1. The van der Waals surface area contributed by atoms with E-state index in [9.17, 15) is 0 Å². The summed E-state index contributed by atoms with van der Waals surface area (Å²) in [6.45, 7) is 6.84. The Labute approximate surface area is 128 Å². The number of rotatable bonds is 10. The van der Waals surface area contributed by atoms with Crippen LogP contribution < -0.4 is 10.1 Å². The Kier molecular flexibility index (Phi) is 6.23. The first kappa shape index (κ1) is 16.0. The number of aryl methyl sites for hydroxylation is 1. The van der Waals surface area contributed by atoms with Crippen molar-refractivity contribution in [3.05, 3.63) is 11.9 Å². The van der Waals surface area contributed by atoms with Gasteiger partial charge >= 0.3 is 0 Å². The summed E-state index contributed by atoms with van der Waals surface area (Å²) in [5.74, 6) is 2.43. The maximum atomic E-state index is 5.83. The van der Waals surface area contributed by atoms with Crippen molar-refractivity contribution in [3.63, 3.8) is 0 Å². The molecule has 2 rings (SSSR count). The first-order valence-electron chi connectivity index (χ1n) is 8.17. The summed E-state index contributed by atoms with van der Waals surface area (Å²) in [7, 11) is 2.16. The molecule has 0 saturated heterocycles. The minimum Gasteiger partial charge on any atom is -0.476 e. The van der Waals surface area contributed by atoms with Gasteiger partial charge < -0.3 is 15.0 Å². The van der Waals surface area contributed by atoms with E-state index in [4.69, 9.17) is 4.74 Å². The van der Waals surface area contributed by atoms with Gasteiger partial charge in [-0.15, -0.1) is 0 Å². The topological polar surface area (TPSA) is 50.3 Å². The lowest BCUT2D eigenvalue weighted by molar-refractivity contribution is 0.226. The lowest BCUT2D eigenvalue weighted by atomic mass is 10.3. The summed E-state index contributed by atoms with van der Waals surface area (Å²) < 4.78 is 5.83. The first-order valence-corrected chi connectivity index (χ1v) is 8.17. The second-order valence-electron chi connectivity index (χ2n) is 5.74. The molecule has 1 aliphatic rings. The molecule has 0 atom stereocenters. The average molecular weight is 292 g/mol. The molecule has 0 amide bonds. The van der Waals surface area contributed by atoms with Gasteiger partial charge in [0.1, 0.15) is 18.2 Å². The van der Waals surface area contributed by atoms with E-state index in [-0.39, 0.29) is 0 Å². The van der Waals surface area contributed by atoms with E-state index >= 15 is 0 Å². The number of anilines is 1. The number of aromatic nitrogens is 2. The molecule has 0 radical (unpaired) electrons. The molecule has 0 bridgehead atoms. The molecular weight excluding hydrogens is 264 g/mol. The van der Waals surface area contributed by atoms with Crippen LogP contribution in [0.5, 0.6) is 5.88 Å². The third-order valence-electron chi connectivity index (χ3n) is 3.64. The van der Waals surface area contributed by atoms with Crippen LogP contribution in [0, 0.1) is 0 Å². The van der Waals surface area contributed by atoms with Gasteiger partial charge in [0.05, 0.1) is 0 Å². The van der Waals surface area contributed by atoms with Gasteiger partial charge in [-0.25, -0.2) is 4.98 Å². The van der Waals surface area contributed by atoms with Crippen LogP contribution in [0.25, 0.3) is 0 Å². The maximum Gasteiger partial charge on any atom is 0.218 e. The number of nitrogens with zero attached hydrogens (tertiary/aromatic N) is 3. The minimum atomic E-state index is 0.683. The van der Waals surface area contributed by atoms with E-state index < -0.39 is 0 Å². The van der Waals surface area contributed by atoms with E-state index in [2.05, 4.69) is 41.1 Å². The summed E-state index contributed by atoms with van der Waals surface area (Å²) >= 11 is 0. The first-order chi connectivity index (χ1) is 10.2. The fraction of sp³-hybridized carbons (Fsp3) is 0.750. The number of hydrogen-bond acceptors (Lipinski definition) is 5. The van der Waals surface area contributed by atoms with Gasteiger partial charge in [-0.05, 0) is 32.7 Å². The monoisotopic (exact) mass is 292 g/mol. The Morgan fingerprint density at radius 1 is 1.29 bits per heavy atom. The van der Waals surface area contributed by atoms with Crippen LogP contribution in [0.15, 0.2) is 6.07 Å². The van der Waals surface area contributed by atoms with Crippen LogP contribution in [-0.2, 0) is 6.42 Å². The van der Waals surface area contributed by atoms with Crippen molar-refractivity contribution in [2.45, 2.75) is 52.0 Å². The minimum absolute atomic E-state index is 0.683. The molecule has 1 aliphatic carbocycles. The van der Waals surface area contributed by atoms with E-state index in [1.165, 1.54) is 12.8 Å². The second kappa shape index (κ2) is 8.17. The molecule has 0 spiro atoms. The molecule has 1 fully saturated rings. The van der Waals surface area contributed by atoms with Crippen LogP contribution in [0.2, 0.25) is 0 Å². The highest BCUT2D eigenvalue weighted by atomic mass is 16.5. The van der Waals surface area contributed by atoms with Gasteiger partial charge in [-0.3, -0.25) is 0 Å². The molecule has 1 aromatic rings. The van der Waals surface area contributed by atoms with Crippen LogP contribution in [0.3, 0.4) is 0 Å². The number of ether oxygens (including phenoxy) is 1.